The molecule has 1 aromatic carbocycles. The third-order valence-electron chi connectivity index (χ3n) is 4.69. The van der Waals surface area contributed by atoms with Gasteiger partial charge in [-0.25, -0.2) is 13.9 Å². The van der Waals surface area contributed by atoms with Gasteiger partial charge in [0.25, 0.3) is 5.91 Å². The van der Waals surface area contributed by atoms with Gasteiger partial charge >= 0.3 is 0 Å². The molecule has 1 aliphatic carbocycles. The molecule has 0 bridgehead atoms. The average molecular weight is 338 g/mol. The van der Waals surface area contributed by atoms with Gasteiger partial charge in [-0.1, -0.05) is 25.0 Å². The Morgan fingerprint density at radius 1 is 1.08 bits per heavy atom. The van der Waals surface area contributed by atoms with Crippen LogP contribution in [0.5, 0.6) is 0 Å². The monoisotopic (exact) mass is 338 g/mol. The number of nitrogens with zero attached hydrogens (tertiary/aromatic N) is 3. The fourth-order valence-electron chi connectivity index (χ4n) is 3.36. The van der Waals surface area contributed by atoms with Crippen molar-refractivity contribution in [2.45, 2.75) is 38.5 Å². The highest BCUT2D eigenvalue weighted by Gasteiger charge is 2.19. The van der Waals surface area contributed by atoms with Crippen LogP contribution in [0, 0.1) is 5.82 Å². The Labute approximate surface area is 144 Å². The Hall–Kier alpha value is -2.76. The summed E-state index contributed by atoms with van der Waals surface area (Å²) in [4.78, 5) is 17.0. The second-order valence-electron chi connectivity index (χ2n) is 6.37. The van der Waals surface area contributed by atoms with Crippen molar-refractivity contribution in [1.82, 2.24) is 14.6 Å². The number of nitrogens with one attached hydrogen (secondary N) is 1. The topological polar surface area (TPSA) is 59.3 Å². The molecular formula is C19H19FN4O. The molecular weight excluding hydrogens is 319 g/mol. The molecule has 0 unspecified atom stereocenters. The lowest BCUT2D eigenvalue weighted by Gasteiger charge is -2.14. The number of anilines is 1. The van der Waals surface area contributed by atoms with Crippen molar-refractivity contribution in [3.05, 3.63) is 59.3 Å². The molecule has 4 rings (SSSR count). The molecule has 0 saturated heterocycles. The maximum Gasteiger partial charge on any atom is 0.261 e. The summed E-state index contributed by atoms with van der Waals surface area (Å²) < 4.78 is 15.5. The average Bonchev–Trinajstić information content (AvgIpc) is 3.01. The summed E-state index contributed by atoms with van der Waals surface area (Å²) in [6, 6.07) is 6.10. The number of aromatic nitrogens is 3. The Morgan fingerprint density at radius 3 is 2.72 bits per heavy atom. The van der Waals surface area contributed by atoms with E-state index < -0.39 is 11.7 Å². The first-order chi connectivity index (χ1) is 12.2. The summed E-state index contributed by atoms with van der Waals surface area (Å²) in [5.74, 6) is -0.871. The minimum absolute atomic E-state index is 0.151. The summed E-state index contributed by atoms with van der Waals surface area (Å²) >= 11 is 0. The lowest BCUT2D eigenvalue weighted by atomic mass is 9.98. The number of amides is 1. The first-order valence-corrected chi connectivity index (χ1v) is 8.64. The number of halogens is 1. The fraction of sp³-hybridized carbons (Fsp3) is 0.316. The minimum atomic E-state index is -0.467. The van der Waals surface area contributed by atoms with Crippen molar-refractivity contribution >= 4 is 17.2 Å². The predicted octanol–water partition coefficient (Wildman–Crippen LogP) is 3.78. The summed E-state index contributed by atoms with van der Waals surface area (Å²) in [6.07, 6.45) is 10.0. The zero-order chi connectivity index (χ0) is 17.2. The van der Waals surface area contributed by atoms with Gasteiger partial charge in [-0.3, -0.25) is 4.79 Å². The minimum Gasteiger partial charge on any atom is -0.319 e. The van der Waals surface area contributed by atoms with Crippen LogP contribution in [0.4, 0.5) is 10.1 Å². The number of para-hydroxylation sites is 1. The lowest BCUT2D eigenvalue weighted by molar-refractivity contribution is 0.102. The van der Waals surface area contributed by atoms with Crippen LogP contribution in [0.3, 0.4) is 0 Å². The quantitative estimate of drug-likeness (QED) is 0.773. The number of carbonyl (C=O) groups is 1. The highest BCUT2D eigenvalue weighted by Crippen LogP contribution is 2.22. The molecule has 6 heteroatoms. The predicted molar refractivity (Wildman–Crippen MR) is 93.2 cm³/mol. The molecule has 0 atom stereocenters. The molecule has 1 aliphatic rings. The van der Waals surface area contributed by atoms with Gasteiger partial charge in [-0.15, -0.1) is 0 Å². The van der Waals surface area contributed by atoms with E-state index in [4.69, 9.17) is 0 Å². The van der Waals surface area contributed by atoms with E-state index in [1.807, 2.05) is 6.20 Å². The molecule has 0 saturated carbocycles. The second kappa shape index (κ2) is 6.63. The number of hydrogen-bond acceptors (Lipinski definition) is 3. The maximum atomic E-state index is 13.8. The van der Waals surface area contributed by atoms with Gasteiger partial charge in [0.1, 0.15) is 11.4 Å². The largest absolute Gasteiger partial charge is 0.319 e. The summed E-state index contributed by atoms with van der Waals surface area (Å²) in [5, 5.41) is 6.99. The molecule has 2 heterocycles. The van der Waals surface area contributed by atoms with Crippen LogP contribution in [0.2, 0.25) is 0 Å². The number of benzene rings is 1. The van der Waals surface area contributed by atoms with E-state index in [-0.39, 0.29) is 5.69 Å². The highest BCUT2D eigenvalue weighted by molar-refractivity contribution is 6.08. The molecule has 0 aliphatic heterocycles. The molecule has 1 N–H and O–H groups in total. The number of aryl methyl sites for hydroxylation is 2. The van der Waals surface area contributed by atoms with Crippen LogP contribution < -0.4 is 5.32 Å². The number of carbonyl (C=O) groups excluding carboxylic acids is 1. The van der Waals surface area contributed by atoms with Crippen molar-refractivity contribution < 1.29 is 9.18 Å². The van der Waals surface area contributed by atoms with E-state index in [1.165, 1.54) is 36.7 Å². The first-order valence-electron chi connectivity index (χ1n) is 8.64. The zero-order valence-corrected chi connectivity index (χ0v) is 13.8. The van der Waals surface area contributed by atoms with Crippen molar-refractivity contribution in [1.29, 1.82) is 0 Å². The summed E-state index contributed by atoms with van der Waals surface area (Å²) in [5.41, 5.74) is 3.37. The van der Waals surface area contributed by atoms with Crippen LogP contribution in [0.25, 0.3) is 5.65 Å². The van der Waals surface area contributed by atoms with E-state index >= 15 is 0 Å². The molecule has 25 heavy (non-hydrogen) atoms. The van der Waals surface area contributed by atoms with Crippen molar-refractivity contribution in [2.75, 3.05) is 5.32 Å². The Kier molecular flexibility index (Phi) is 4.17. The molecule has 128 valence electrons. The van der Waals surface area contributed by atoms with E-state index in [2.05, 4.69) is 15.4 Å². The Bertz CT molecular complexity index is 934. The van der Waals surface area contributed by atoms with Crippen LogP contribution in [0.1, 0.15) is 47.3 Å². The molecule has 2 aromatic heterocycles. The van der Waals surface area contributed by atoms with Gasteiger partial charge in [0.15, 0.2) is 5.65 Å². The van der Waals surface area contributed by atoms with Gasteiger partial charge in [-0.2, -0.15) is 5.10 Å². The zero-order valence-electron chi connectivity index (χ0n) is 13.8. The van der Waals surface area contributed by atoms with Crippen molar-refractivity contribution in [3.63, 3.8) is 0 Å². The van der Waals surface area contributed by atoms with Crippen LogP contribution >= 0.6 is 0 Å². The molecule has 5 nitrogen and oxygen atoms in total. The smallest absolute Gasteiger partial charge is 0.261 e. The third-order valence-corrected chi connectivity index (χ3v) is 4.69. The molecule has 3 aromatic rings. The number of hydrogen-bond donors (Lipinski definition) is 1. The normalized spacial score (nSPS) is 14.6. The van der Waals surface area contributed by atoms with Crippen LogP contribution in [0.15, 0.2) is 36.7 Å². The number of rotatable bonds is 2. The van der Waals surface area contributed by atoms with Crippen molar-refractivity contribution in [3.8, 4) is 0 Å². The standard InChI is InChI=1S/C19H19FN4O/c20-15-8-5-6-9-16(15)23-19(25)14-12-22-24-17-10-4-2-1-3-7-13(17)11-21-18(14)24/h5-6,8-9,11-12H,1-4,7,10H2,(H,23,25). The van der Waals surface area contributed by atoms with Crippen LogP contribution in [-0.4, -0.2) is 20.5 Å². The first kappa shape index (κ1) is 15.7. The Morgan fingerprint density at radius 2 is 1.88 bits per heavy atom. The summed E-state index contributed by atoms with van der Waals surface area (Å²) in [6.45, 7) is 0. The number of fused-ring (bicyclic) bond motifs is 3. The van der Waals surface area contributed by atoms with E-state index in [1.54, 1.807) is 16.6 Å². The highest BCUT2D eigenvalue weighted by atomic mass is 19.1. The SMILES string of the molecule is O=C(Nc1ccccc1F)c1cnn2c3c(cnc12)CCCCCC3. The fourth-order valence-corrected chi connectivity index (χ4v) is 3.36. The molecule has 0 radical (unpaired) electrons. The van der Waals surface area contributed by atoms with Gasteiger partial charge in [0, 0.05) is 11.9 Å². The molecule has 1 amide bonds. The van der Waals surface area contributed by atoms with Gasteiger partial charge in [0.2, 0.25) is 0 Å². The van der Waals surface area contributed by atoms with Crippen LogP contribution in [-0.2, 0) is 12.8 Å². The van der Waals surface area contributed by atoms with Gasteiger partial charge in [0.05, 0.1) is 11.9 Å². The van der Waals surface area contributed by atoms with Gasteiger partial charge in [-0.05, 0) is 43.4 Å². The Balaban J connectivity index is 1.70. The molecule has 0 fully saturated rings. The van der Waals surface area contributed by atoms with E-state index in [0.29, 0.717) is 11.2 Å². The van der Waals surface area contributed by atoms with Gasteiger partial charge < -0.3 is 5.32 Å². The lowest BCUT2D eigenvalue weighted by Crippen LogP contribution is -2.14. The van der Waals surface area contributed by atoms with E-state index in [9.17, 15) is 9.18 Å². The summed E-state index contributed by atoms with van der Waals surface area (Å²) in [7, 11) is 0. The van der Waals surface area contributed by atoms with Crippen molar-refractivity contribution in [2.24, 2.45) is 0 Å². The molecule has 0 spiro atoms. The second-order valence-corrected chi connectivity index (χ2v) is 6.37. The maximum absolute atomic E-state index is 13.8. The third kappa shape index (κ3) is 2.99. The van der Waals surface area contributed by atoms with E-state index in [0.717, 1.165) is 31.4 Å².